The zero-order chi connectivity index (χ0) is 30.6. The zero-order valence-corrected chi connectivity index (χ0v) is 26.6. The SMILES string of the molecule is CC.CCC(C)C(C)=O.CCCCC(=O)C1=Cc2nc(-n3ccc(-c4cccc(C)c4)n3)cc(N3CCOCC3)c2C1. The second-order valence-corrected chi connectivity index (χ2v) is 10.8. The fourth-order valence-electron chi connectivity index (χ4n) is 4.85. The van der Waals surface area contributed by atoms with Crippen molar-refractivity contribution in [2.75, 3.05) is 31.2 Å². The molecule has 5 rings (SSSR count). The number of allylic oxidation sites excluding steroid dienone is 1. The lowest BCUT2D eigenvalue weighted by Crippen LogP contribution is -2.37. The molecule has 42 heavy (non-hydrogen) atoms. The van der Waals surface area contributed by atoms with Crippen molar-refractivity contribution in [3.63, 3.8) is 0 Å². The summed E-state index contributed by atoms with van der Waals surface area (Å²) in [6.45, 7) is 16.9. The molecule has 2 aromatic heterocycles. The first-order chi connectivity index (χ1) is 20.3. The van der Waals surface area contributed by atoms with Gasteiger partial charge in [0.25, 0.3) is 0 Å². The van der Waals surface area contributed by atoms with E-state index >= 15 is 0 Å². The summed E-state index contributed by atoms with van der Waals surface area (Å²) in [6.07, 6.45) is 8.13. The number of fused-ring (bicyclic) bond motifs is 1. The van der Waals surface area contributed by atoms with Gasteiger partial charge in [0.05, 0.1) is 24.6 Å². The third-order valence-corrected chi connectivity index (χ3v) is 7.71. The van der Waals surface area contributed by atoms with E-state index in [1.54, 1.807) is 6.92 Å². The summed E-state index contributed by atoms with van der Waals surface area (Å²) in [7, 11) is 0. The van der Waals surface area contributed by atoms with Gasteiger partial charge >= 0.3 is 0 Å². The highest BCUT2D eigenvalue weighted by atomic mass is 16.5. The van der Waals surface area contributed by atoms with Crippen LogP contribution in [0.3, 0.4) is 0 Å². The van der Waals surface area contributed by atoms with Gasteiger partial charge in [-0.2, -0.15) is 5.10 Å². The number of aryl methyl sites for hydroxylation is 1. The first kappa shape index (κ1) is 32.9. The van der Waals surface area contributed by atoms with E-state index in [2.05, 4.69) is 49.1 Å². The summed E-state index contributed by atoms with van der Waals surface area (Å²) >= 11 is 0. The van der Waals surface area contributed by atoms with Gasteiger partial charge in [0, 0.05) is 66.5 Å². The van der Waals surface area contributed by atoms with Gasteiger partial charge in [-0.15, -0.1) is 0 Å². The van der Waals surface area contributed by atoms with E-state index in [-0.39, 0.29) is 11.7 Å². The molecule has 0 spiro atoms. The Bertz CT molecular complexity index is 1370. The van der Waals surface area contributed by atoms with Crippen LogP contribution in [0.15, 0.2) is 48.2 Å². The van der Waals surface area contributed by atoms with Crippen LogP contribution in [-0.2, 0) is 20.7 Å². The van der Waals surface area contributed by atoms with Crippen LogP contribution in [0, 0.1) is 12.8 Å². The van der Waals surface area contributed by atoms with Gasteiger partial charge in [-0.05, 0) is 44.9 Å². The number of pyridine rings is 1. The number of morpholine rings is 1. The first-order valence-corrected chi connectivity index (χ1v) is 15.5. The number of benzene rings is 1. The normalized spacial score (nSPS) is 14.5. The highest BCUT2D eigenvalue weighted by molar-refractivity contribution is 6.02. The van der Waals surface area contributed by atoms with Gasteiger partial charge in [0.2, 0.25) is 0 Å². The molecule has 1 saturated heterocycles. The number of rotatable bonds is 9. The highest BCUT2D eigenvalue weighted by Gasteiger charge is 2.26. The molecule has 1 atom stereocenters. The van der Waals surface area contributed by atoms with E-state index in [0.717, 1.165) is 71.9 Å². The van der Waals surface area contributed by atoms with Crippen molar-refractivity contribution in [1.82, 2.24) is 14.8 Å². The lowest BCUT2D eigenvalue weighted by Gasteiger charge is -2.30. The van der Waals surface area contributed by atoms with Gasteiger partial charge in [0.1, 0.15) is 5.78 Å². The summed E-state index contributed by atoms with van der Waals surface area (Å²) in [5, 5.41) is 4.82. The number of hydrogen-bond acceptors (Lipinski definition) is 6. The molecule has 7 heteroatoms. The zero-order valence-electron chi connectivity index (χ0n) is 26.6. The minimum Gasteiger partial charge on any atom is -0.378 e. The van der Waals surface area contributed by atoms with E-state index in [1.165, 1.54) is 5.56 Å². The molecule has 1 unspecified atom stereocenters. The number of aromatic nitrogens is 3. The third-order valence-electron chi connectivity index (χ3n) is 7.71. The smallest absolute Gasteiger partial charge is 0.159 e. The molecular formula is C35H48N4O3. The average molecular weight is 573 g/mol. The molecule has 2 aliphatic rings. The number of hydrogen-bond donors (Lipinski definition) is 0. The van der Waals surface area contributed by atoms with Crippen LogP contribution in [0.1, 0.15) is 84.0 Å². The summed E-state index contributed by atoms with van der Waals surface area (Å²) in [6, 6.07) is 12.5. The standard InChI is InChI=1S/C27H30N4O2.C6H12O.C2H6/c1-3-4-8-26(32)21-16-22-24(17-21)28-27(18-25(22)30-11-13-33-14-12-30)31-10-9-23(29-31)20-7-5-6-19(2)15-20;1-4-5(2)6(3)7;1-2/h5-7,9-10,15,17-18H,3-4,8,11-14,16H2,1-2H3;5H,4H2,1-3H3;1-2H3. The number of unbranched alkanes of at least 4 members (excludes halogenated alkanes) is 1. The molecule has 1 aliphatic carbocycles. The van der Waals surface area contributed by atoms with E-state index in [0.29, 0.717) is 31.8 Å². The maximum atomic E-state index is 12.8. The Kier molecular flexibility index (Phi) is 12.7. The minimum atomic E-state index is 0.241. The number of nitrogens with zero attached hydrogens (tertiary/aromatic N) is 4. The van der Waals surface area contributed by atoms with Crippen LogP contribution in [0.5, 0.6) is 0 Å². The van der Waals surface area contributed by atoms with Gasteiger partial charge < -0.3 is 9.64 Å². The van der Waals surface area contributed by atoms with E-state index in [9.17, 15) is 9.59 Å². The maximum Gasteiger partial charge on any atom is 0.159 e. The molecule has 1 aromatic carbocycles. The molecule has 226 valence electrons. The molecule has 0 N–H and O–H groups in total. The average Bonchev–Trinajstić information content (AvgIpc) is 3.69. The molecule has 0 saturated carbocycles. The molecule has 0 radical (unpaired) electrons. The van der Waals surface area contributed by atoms with Gasteiger partial charge in [-0.25, -0.2) is 9.67 Å². The topological polar surface area (TPSA) is 77.3 Å². The van der Waals surface area contributed by atoms with E-state index < -0.39 is 0 Å². The summed E-state index contributed by atoms with van der Waals surface area (Å²) in [4.78, 5) is 30.4. The van der Waals surface area contributed by atoms with E-state index in [1.807, 2.05) is 50.7 Å². The summed E-state index contributed by atoms with van der Waals surface area (Å²) in [5.74, 6) is 1.57. The summed E-state index contributed by atoms with van der Waals surface area (Å²) < 4.78 is 7.42. The number of carbonyl (C=O) groups excluding carboxylic acids is 2. The van der Waals surface area contributed by atoms with Crippen molar-refractivity contribution in [3.8, 4) is 17.1 Å². The number of ether oxygens (including phenoxy) is 1. The molecule has 3 aromatic rings. The lowest BCUT2D eigenvalue weighted by molar-refractivity contribution is -0.120. The Hall–Kier alpha value is -3.58. The summed E-state index contributed by atoms with van der Waals surface area (Å²) in [5.41, 5.74) is 7.26. The van der Waals surface area contributed by atoms with Crippen LogP contribution >= 0.6 is 0 Å². The Balaban J connectivity index is 0.000000474. The van der Waals surface area contributed by atoms with Gasteiger partial charge in [-0.3, -0.25) is 9.59 Å². The monoisotopic (exact) mass is 572 g/mol. The Labute approximate surface area is 252 Å². The van der Waals surface area contributed by atoms with Crippen molar-refractivity contribution < 1.29 is 14.3 Å². The van der Waals surface area contributed by atoms with Crippen molar-refractivity contribution in [1.29, 1.82) is 0 Å². The van der Waals surface area contributed by atoms with Crippen LogP contribution in [0.4, 0.5) is 5.69 Å². The maximum absolute atomic E-state index is 12.8. The third kappa shape index (κ3) is 8.48. The molecular weight excluding hydrogens is 524 g/mol. The van der Waals surface area contributed by atoms with Crippen LogP contribution in [0.2, 0.25) is 0 Å². The Morgan fingerprint density at radius 1 is 1.07 bits per heavy atom. The Morgan fingerprint density at radius 2 is 1.81 bits per heavy atom. The largest absolute Gasteiger partial charge is 0.378 e. The second kappa shape index (κ2) is 16.2. The minimum absolute atomic E-state index is 0.241. The number of anilines is 1. The van der Waals surface area contributed by atoms with Crippen LogP contribution < -0.4 is 4.90 Å². The fraction of sp³-hybridized carbons (Fsp3) is 0.486. The Morgan fingerprint density at radius 3 is 2.43 bits per heavy atom. The lowest BCUT2D eigenvalue weighted by atomic mass is 10.0. The molecule has 1 fully saturated rings. The number of ketones is 2. The van der Waals surface area contributed by atoms with Crippen LogP contribution in [-0.4, -0.2) is 52.6 Å². The number of carbonyl (C=O) groups is 2. The van der Waals surface area contributed by atoms with E-state index in [4.69, 9.17) is 14.8 Å². The predicted octanol–water partition coefficient (Wildman–Crippen LogP) is 7.43. The van der Waals surface area contributed by atoms with Crippen molar-refractivity contribution in [3.05, 3.63) is 65.0 Å². The quantitative estimate of drug-likeness (QED) is 0.265. The molecule has 0 bridgehead atoms. The second-order valence-electron chi connectivity index (χ2n) is 10.8. The molecule has 7 nitrogen and oxygen atoms in total. The molecule has 3 heterocycles. The van der Waals surface area contributed by atoms with Gasteiger partial charge in [-0.1, -0.05) is 64.8 Å². The molecule has 1 aliphatic heterocycles. The van der Waals surface area contributed by atoms with Crippen molar-refractivity contribution in [2.24, 2.45) is 5.92 Å². The fourth-order valence-corrected chi connectivity index (χ4v) is 4.85. The number of Topliss-reactive ketones (excluding diaryl/α,β-unsaturated/α-hetero) is 2. The molecule has 0 amide bonds. The predicted molar refractivity (Wildman–Crippen MR) is 172 cm³/mol. The first-order valence-electron chi connectivity index (χ1n) is 15.5. The van der Waals surface area contributed by atoms with Crippen LogP contribution in [0.25, 0.3) is 23.2 Å². The van der Waals surface area contributed by atoms with Crippen molar-refractivity contribution in [2.45, 2.75) is 80.6 Å². The highest BCUT2D eigenvalue weighted by Crippen LogP contribution is 2.35. The van der Waals surface area contributed by atoms with Gasteiger partial charge in [0.15, 0.2) is 11.6 Å². The van der Waals surface area contributed by atoms with Crippen molar-refractivity contribution >= 4 is 23.3 Å².